The first-order valence-corrected chi connectivity index (χ1v) is 8.34. The van der Waals surface area contributed by atoms with E-state index in [1.807, 2.05) is 0 Å². The zero-order valence-electron chi connectivity index (χ0n) is 12.2. The molecule has 1 fully saturated rings. The van der Waals surface area contributed by atoms with Crippen LogP contribution in [0.5, 0.6) is 0 Å². The third kappa shape index (κ3) is 4.37. The highest BCUT2D eigenvalue weighted by Gasteiger charge is 2.26. The van der Waals surface area contributed by atoms with Gasteiger partial charge in [-0.05, 0) is 12.8 Å². The third-order valence-electron chi connectivity index (χ3n) is 3.74. The molecule has 1 aliphatic carbocycles. The molecule has 0 aliphatic heterocycles. The van der Waals surface area contributed by atoms with Gasteiger partial charge in [0.2, 0.25) is 11.7 Å². The molecule has 1 aromatic rings. The first kappa shape index (κ1) is 18.0. The van der Waals surface area contributed by atoms with E-state index in [4.69, 9.17) is 0 Å². The SMILES string of the molecule is O=C(CSc1c(F)c(F)c(F)c(F)c1F)NC1CCCCCC1. The van der Waals surface area contributed by atoms with E-state index in [2.05, 4.69) is 5.32 Å². The number of carbonyl (C=O) groups excluding carboxylic acids is 1. The Kier molecular flexibility index (Phi) is 6.26. The summed E-state index contributed by atoms with van der Waals surface area (Å²) in [6, 6.07) is 0.00184. The molecule has 0 saturated heterocycles. The number of nitrogens with one attached hydrogen (secondary N) is 1. The van der Waals surface area contributed by atoms with Gasteiger partial charge in [0.25, 0.3) is 0 Å². The van der Waals surface area contributed by atoms with Crippen molar-refractivity contribution >= 4 is 17.7 Å². The first-order valence-electron chi connectivity index (χ1n) is 7.35. The van der Waals surface area contributed by atoms with E-state index in [0.29, 0.717) is 11.8 Å². The van der Waals surface area contributed by atoms with E-state index in [0.717, 1.165) is 38.5 Å². The summed E-state index contributed by atoms with van der Waals surface area (Å²) in [6.45, 7) is 0. The van der Waals surface area contributed by atoms with E-state index in [1.165, 1.54) is 0 Å². The fourth-order valence-corrected chi connectivity index (χ4v) is 3.33. The Morgan fingerprint density at radius 1 is 0.870 bits per heavy atom. The van der Waals surface area contributed by atoms with Crippen LogP contribution in [0.1, 0.15) is 38.5 Å². The first-order chi connectivity index (χ1) is 10.9. The summed E-state index contributed by atoms with van der Waals surface area (Å²) < 4.78 is 66.1. The highest BCUT2D eigenvalue weighted by Crippen LogP contribution is 2.30. The predicted octanol–water partition coefficient (Wildman–Crippen LogP) is 4.31. The van der Waals surface area contributed by atoms with Gasteiger partial charge in [-0.2, -0.15) is 0 Å². The van der Waals surface area contributed by atoms with E-state index in [1.54, 1.807) is 0 Å². The van der Waals surface area contributed by atoms with Crippen molar-refractivity contribution < 1.29 is 26.7 Å². The van der Waals surface area contributed by atoms with Gasteiger partial charge < -0.3 is 5.32 Å². The normalized spacial score (nSPS) is 16.2. The summed E-state index contributed by atoms with van der Waals surface area (Å²) in [5.41, 5.74) is 0. The van der Waals surface area contributed by atoms with Crippen LogP contribution in [0.15, 0.2) is 4.90 Å². The average molecular weight is 353 g/mol. The number of hydrogen-bond acceptors (Lipinski definition) is 2. The molecule has 1 aliphatic rings. The van der Waals surface area contributed by atoms with Gasteiger partial charge in [-0.15, -0.1) is 11.8 Å². The van der Waals surface area contributed by atoms with Crippen molar-refractivity contribution in [3.8, 4) is 0 Å². The van der Waals surface area contributed by atoms with E-state index in [-0.39, 0.29) is 6.04 Å². The molecule has 8 heteroatoms. The molecular formula is C15H16F5NOS. The maximum absolute atomic E-state index is 13.5. The number of hydrogen-bond donors (Lipinski definition) is 1. The topological polar surface area (TPSA) is 29.1 Å². The second kappa shape index (κ2) is 7.99. The molecule has 23 heavy (non-hydrogen) atoms. The number of amides is 1. The summed E-state index contributed by atoms with van der Waals surface area (Å²) in [6.07, 6.45) is 5.86. The quantitative estimate of drug-likeness (QED) is 0.287. The number of halogens is 5. The van der Waals surface area contributed by atoms with Crippen LogP contribution in [-0.4, -0.2) is 17.7 Å². The maximum Gasteiger partial charge on any atom is 0.230 e. The van der Waals surface area contributed by atoms with Gasteiger partial charge in [-0.25, -0.2) is 22.0 Å². The highest BCUT2D eigenvalue weighted by molar-refractivity contribution is 8.00. The lowest BCUT2D eigenvalue weighted by atomic mass is 10.1. The van der Waals surface area contributed by atoms with Crippen molar-refractivity contribution in [1.29, 1.82) is 0 Å². The Balaban J connectivity index is 1.99. The Bertz CT molecular complexity index is 559. The summed E-state index contributed by atoms with van der Waals surface area (Å²) in [5.74, 6) is -10.9. The molecular weight excluding hydrogens is 337 g/mol. The number of carbonyl (C=O) groups is 1. The van der Waals surface area contributed by atoms with Crippen LogP contribution in [-0.2, 0) is 4.79 Å². The Labute approximate surface area is 134 Å². The van der Waals surface area contributed by atoms with Gasteiger partial charge in [-0.1, -0.05) is 25.7 Å². The fraction of sp³-hybridized carbons (Fsp3) is 0.533. The molecule has 1 aromatic carbocycles. The monoisotopic (exact) mass is 353 g/mol. The van der Waals surface area contributed by atoms with E-state index < -0.39 is 45.6 Å². The smallest absolute Gasteiger partial charge is 0.230 e. The van der Waals surface area contributed by atoms with Crippen molar-refractivity contribution in [2.45, 2.75) is 49.5 Å². The molecule has 1 amide bonds. The second-order valence-electron chi connectivity index (χ2n) is 5.44. The number of thioether (sulfide) groups is 1. The van der Waals surface area contributed by atoms with Crippen molar-refractivity contribution in [1.82, 2.24) is 5.32 Å². The van der Waals surface area contributed by atoms with Gasteiger partial charge in [0.15, 0.2) is 23.3 Å². The van der Waals surface area contributed by atoms with Crippen LogP contribution in [0, 0.1) is 29.1 Å². The van der Waals surface area contributed by atoms with Crippen LogP contribution in [0.4, 0.5) is 22.0 Å². The lowest BCUT2D eigenvalue weighted by molar-refractivity contribution is -0.119. The lowest BCUT2D eigenvalue weighted by Gasteiger charge is -2.16. The molecule has 0 bridgehead atoms. The van der Waals surface area contributed by atoms with E-state index in [9.17, 15) is 26.7 Å². The van der Waals surface area contributed by atoms with Crippen molar-refractivity contribution in [2.75, 3.05) is 5.75 Å². The average Bonchev–Trinajstić information content (AvgIpc) is 2.79. The molecule has 0 heterocycles. The molecule has 1 saturated carbocycles. The molecule has 0 spiro atoms. The van der Waals surface area contributed by atoms with Crippen LogP contribution in [0.2, 0.25) is 0 Å². The van der Waals surface area contributed by atoms with E-state index >= 15 is 0 Å². The molecule has 0 atom stereocenters. The predicted molar refractivity (Wildman–Crippen MR) is 76.6 cm³/mol. The molecule has 0 aromatic heterocycles. The summed E-state index contributed by atoms with van der Waals surface area (Å²) in [7, 11) is 0. The summed E-state index contributed by atoms with van der Waals surface area (Å²) >= 11 is 0.304. The zero-order chi connectivity index (χ0) is 17.0. The minimum Gasteiger partial charge on any atom is -0.353 e. The van der Waals surface area contributed by atoms with Gasteiger partial charge in [0.1, 0.15) is 0 Å². The van der Waals surface area contributed by atoms with Crippen molar-refractivity contribution in [3.05, 3.63) is 29.1 Å². The molecule has 0 radical (unpaired) electrons. The van der Waals surface area contributed by atoms with Gasteiger partial charge in [-0.3, -0.25) is 4.79 Å². The lowest BCUT2D eigenvalue weighted by Crippen LogP contribution is -2.35. The zero-order valence-corrected chi connectivity index (χ0v) is 13.0. The molecule has 1 N–H and O–H groups in total. The van der Waals surface area contributed by atoms with Crippen LogP contribution in [0.3, 0.4) is 0 Å². The third-order valence-corrected chi connectivity index (χ3v) is 4.79. The minimum absolute atomic E-state index is 0.00184. The molecule has 128 valence electrons. The number of benzene rings is 1. The second-order valence-corrected chi connectivity index (χ2v) is 6.43. The van der Waals surface area contributed by atoms with Crippen molar-refractivity contribution in [2.24, 2.45) is 0 Å². The summed E-state index contributed by atoms with van der Waals surface area (Å²) in [5, 5.41) is 2.74. The fourth-order valence-electron chi connectivity index (χ4n) is 2.54. The minimum atomic E-state index is -2.20. The molecule has 2 rings (SSSR count). The summed E-state index contributed by atoms with van der Waals surface area (Å²) in [4.78, 5) is 10.8. The Morgan fingerprint density at radius 2 is 1.35 bits per heavy atom. The van der Waals surface area contributed by atoms with Gasteiger partial charge in [0, 0.05) is 6.04 Å². The Morgan fingerprint density at radius 3 is 1.87 bits per heavy atom. The van der Waals surface area contributed by atoms with Gasteiger partial charge >= 0.3 is 0 Å². The standard InChI is InChI=1S/C15H16F5NOS/c16-10-11(17)13(19)15(14(20)12(10)18)23-7-9(22)21-8-5-3-1-2-4-6-8/h8H,1-7H2,(H,21,22). The maximum atomic E-state index is 13.5. The molecule has 0 unspecified atom stereocenters. The van der Waals surface area contributed by atoms with Gasteiger partial charge in [0.05, 0.1) is 10.6 Å². The van der Waals surface area contributed by atoms with Crippen LogP contribution in [0.25, 0.3) is 0 Å². The van der Waals surface area contributed by atoms with Crippen LogP contribution < -0.4 is 5.32 Å². The molecule has 2 nitrogen and oxygen atoms in total. The number of rotatable bonds is 4. The highest BCUT2D eigenvalue weighted by atomic mass is 32.2. The van der Waals surface area contributed by atoms with Crippen LogP contribution >= 0.6 is 11.8 Å². The van der Waals surface area contributed by atoms with Crippen molar-refractivity contribution in [3.63, 3.8) is 0 Å². The largest absolute Gasteiger partial charge is 0.353 e. The Hall–Kier alpha value is -1.31.